The molecule has 1 unspecified atom stereocenters. The van der Waals surface area contributed by atoms with Gasteiger partial charge in [-0.3, -0.25) is 0 Å². The van der Waals surface area contributed by atoms with E-state index >= 15 is 0 Å². The molecule has 1 aromatic carbocycles. The average Bonchev–Trinajstić information content (AvgIpc) is 2.47. The molecule has 0 saturated heterocycles. The normalized spacial score (nSPS) is 14.3. The molecule has 1 aromatic rings. The highest BCUT2D eigenvalue weighted by Gasteiger charge is 2.27. The van der Waals surface area contributed by atoms with Gasteiger partial charge in [-0.15, -0.1) is 0 Å². The first kappa shape index (κ1) is 17.4. The molecule has 1 atom stereocenters. The Bertz CT molecular complexity index is 465. The number of esters is 1. The van der Waals surface area contributed by atoms with Crippen LogP contribution in [0.5, 0.6) is 0 Å². The molecule has 0 heterocycles. The van der Waals surface area contributed by atoms with E-state index in [9.17, 15) is 4.79 Å². The summed E-state index contributed by atoms with van der Waals surface area (Å²) in [6.45, 7) is 11.9. The lowest BCUT2D eigenvalue weighted by molar-refractivity contribution is -0.153. The summed E-state index contributed by atoms with van der Waals surface area (Å²) in [6, 6.07) is 10.2. The minimum atomic E-state index is -0.559. The molecule has 3 heteroatoms. The van der Waals surface area contributed by atoms with Crippen LogP contribution in [0.2, 0.25) is 0 Å². The van der Waals surface area contributed by atoms with Crippen molar-refractivity contribution in [3.05, 3.63) is 48.6 Å². The Morgan fingerprint density at radius 2 is 1.86 bits per heavy atom. The number of ether oxygens (including phenoxy) is 2. The summed E-state index contributed by atoms with van der Waals surface area (Å²) in [7, 11) is 0. The molecule has 0 aliphatic carbocycles. The highest BCUT2D eigenvalue weighted by molar-refractivity contribution is 5.81. The Labute approximate surface area is 128 Å². The van der Waals surface area contributed by atoms with Gasteiger partial charge in [0.15, 0.2) is 0 Å². The quantitative estimate of drug-likeness (QED) is 0.531. The zero-order chi connectivity index (χ0) is 15.9. The second-order valence-electron chi connectivity index (χ2n) is 5.93. The van der Waals surface area contributed by atoms with E-state index in [1.54, 1.807) is 0 Å². The largest absolute Gasteiger partial charge is 0.456 e. The summed E-state index contributed by atoms with van der Waals surface area (Å²) in [5.41, 5.74) is 0.282. The average molecular weight is 290 g/mol. The number of carbonyl (C=O) groups is 1. The van der Waals surface area contributed by atoms with Gasteiger partial charge in [-0.25, -0.2) is 4.79 Å². The van der Waals surface area contributed by atoms with Gasteiger partial charge in [0.2, 0.25) is 0 Å². The Balaban J connectivity index is 2.60. The third-order valence-electron chi connectivity index (χ3n) is 3.73. The van der Waals surface area contributed by atoms with E-state index in [1.165, 1.54) is 6.08 Å². The van der Waals surface area contributed by atoms with Gasteiger partial charge in [-0.05, 0) is 32.8 Å². The predicted molar refractivity (Wildman–Crippen MR) is 85.0 cm³/mol. The van der Waals surface area contributed by atoms with Crippen LogP contribution in [-0.4, -0.2) is 18.2 Å². The highest BCUT2D eigenvalue weighted by atomic mass is 16.6. The fourth-order valence-corrected chi connectivity index (χ4v) is 2.07. The molecule has 116 valence electrons. The molecule has 0 aliphatic rings. The minimum absolute atomic E-state index is 0.320. The Morgan fingerprint density at radius 1 is 1.24 bits per heavy atom. The van der Waals surface area contributed by atoms with Gasteiger partial charge in [0.25, 0.3) is 0 Å². The lowest BCUT2D eigenvalue weighted by Gasteiger charge is -2.31. The molecule has 3 nitrogen and oxygen atoms in total. The van der Waals surface area contributed by atoms with Crippen LogP contribution < -0.4 is 0 Å². The van der Waals surface area contributed by atoms with Gasteiger partial charge in [0, 0.05) is 12.5 Å². The van der Waals surface area contributed by atoms with Gasteiger partial charge in [-0.1, -0.05) is 43.8 Å². The molecule has 0 saturated carbocycles. The van der Waals surface area contributed by atoms with E-state index in [2.05, 4.69) is 32.6 Å². The maximum absolute atomic E-state index is 11.3. The van der Waals surface area contributed by atoms with Crippen LogP contribution in [0, 0.1) is 0 Å². The van der Waals surface area contributed by atoms with Crippen LogP contribution in [0.25, 0.3) is 0 Å². The zero-order valence-corrected chi connectivity index (χ0v) is 13.5. The molecule has 0 amide bonds. The third kappa shape index (κ3) is 5.35. The van der Waals surface area contributed by atoms with E-state index in [0.29, 0.717) is 13.0 Å². The Kier molecular flexibility index (Phi) is 6.16. The lowest BCUT2D eigenvalue weighted by atomic mass is 9.93. The standard InChI is InChI=1S/C18H26O3/c1-6-16(19)21-17(3,4)13-14-20-18(5,7-2)15-11-9-8-10-12-15/h6,8-12H,1,7,13-14H2,2-5H3. The van der Waals surface area contributed by atoms with Crippen LogP contribution in [0.1, 0.15) is 46.1 Å². The summed E-state index contributed by atoms with van der Waals surface area (Å²) < 4.78 is 11.4. The first-order chi connectivity index (χ1) is 9.83. The fourth-order valence-electron chi connectivity index (χ4n) is 2.07. The van der Waals surface area contributed by atoms with Crippen LogP contribution >= 0.6 is 0 Å². The van der Waals surface area contributed by atoms with Crippen molar-refractivity contribution >= 4 is 5.97 Å². The molecule has 0 fully saturated rings. The first-order valence-electron chi connectivity index (χ1n) is 7.38. The van der Waals surface area contributed by atoms with Crippen molar-refractivity contribution in [2.24, 2.45) is 0 Å². The van der Waals surface area contributed by atoms with Crippen molar-refractivity contribution < 1.29 is 14.3 Å². The smallest absolute Gasteiger partial charge is 0.330 e. The molecule has 21 heavy (non-hydrogen) atoms. The Morgan fingerprint density at radius 3 is 2.38 bits per heavy atom. The van der Waals surface area contributed by atoms with Crippen molar-refractivity contribution in [3.8, 4) is 0 Å². The Hall–Kier alpha value is -1.61. The zero-order valence-electron chi connectivity index (χ0n) is 13.5. The lowest BCUT2D eigenvalue weighted by Crippen LogP contribution is -2.32. The van der Waals surface area contributed by atoms with Crippen LogP contribution in [0.3, 0.4) is 0 Å². The molecular formula is C18H26O3. The number of hydrogen-bond donors (Lipinski definition) is 0. The molecule has 0 bridgehead atoms. The minimum Gasteiger partial charge on any atom is -0.456 e. The number of carbonyl (C=O) groups excluding carboxylic acids is 1. The monoisotopic (exact) mass is 290 g/mol. The number of benzene rings is 1. The van der Waals surface area contributed by atoms with Crippen molar-refractivity contribution in [2.45, 2.75) is 51.7 Å². The van der Waals surface area contributed by atoms with Gasteiger partial charge < -0.3 is 9.47 Å². The molecular weight excluding hydrogens is 264 g/mol. The van der Waals surface area contributed by atoms with Crippen molar-refractivity contribution in [1.29, 1.82) is 0 Å². The molecule has 0 spiro atoms. The van der Waals surface area contributed by atoms with Crippen molar-refractivity contribution in [1.82, 2.24) is 0 Å². The maximum atomic E-state index is 11.3. The summed E-state index contributed by atoms with van der Waals surface area (Å²) in [4.78, 5) is 11.3. The maximum Gasteiger partial charge on any atom is 0.330 e. The van der Waals surface area contributed by atoms with E-state index in [0.717, 1.165) is 12.0 Å². The van der Waals surface area contributed by atoms with Gasteiger partial charge in [0.05, 0.1) is 12.2 Å². The van der Waals surface area contributed by atoms with Crippen LogP contribution in [0.4, 0.5) is 0 Å². The number of hydrogen-bond acceptors (Lipinski definition) is 3. The van der Waals surface area contributed by atoms with Gasteiger partial charge in [0.1, 0.15) is 5.60 Å². The fraction of sp³-hybridized carbons (Fsp3) is 0.500. The SMILES string of the molecule is C=CC(=O)OC(C)(C)CCOC(C)(CC)c1ccccc1. The van der Waals surface area contributed by atoms with Crippen LogP contribution in [0.15, 0.2) is 43.0 Å². The summed E-state index contributed by atoms with van der Waals surface area (Å²) >= 11 is 0. The predicted octanol–water partition coefficient (Wildman–Crippen LogP) is 4.23. The molecule has 0 aromatic heterocycles. The van der Waals surface area contributed by atoms with Crippen molar-refractivity contribution in [3.63, 3.8) is 0 Å². The van der Waals surface area contributed by atoms with E-state index in [4.69, 9.17) is 9.47 Å². The topological polar surface area (TPSA) is 35.5 Å². The second kappa shape index (κ2) is 7.41. The molecule has 0 aliphatic heterocycles. The van der Waals surface area contributed by atoms with Crippen molar-refractivity contribution in [2.75, 3.05) is 6.61 Å². The molecule has 0 N–H and O–H groups in total. The van der Waals surface area contributed by atoms with Gasteiger partial charge in [-0.2, -0.15) is 0 Å². The molecule has 0 radical (unpaired) electrons. The summed E-state index contributed by atoms with van der Waals surface area (Å²) in [5, 5.41) is 0. The number of rotatable bonds is 8. The second-order valence-corrected chi connectivity index (χ2v) is 5.93. The first-order valence-corrected chi connectivity index (χ1v) is 7.38. The van der Waals surface area contributed by atoms with E-state index in [1.807, 2.05) is 32.0 Å². The van der Waals surface area contributed by atoms with Crippen LogP contribution in [-0.2, 0) is 19.9 Å². The summed E-state index contributed by atoms with van der Waals surface area (Å²) in [5.74, 6) is -0.402. The molecule has 1 rings (SSSR count). The highest BCUT2D eigenvalue weighted by Crippen LogP contribution is 2.29. The van der Waals surface area contributed by atoms with E-state index in [-0.39, 0.29) is 5.60 Å². The third-order valence-corrected chi connectivity index (χ3v) is 3.73. The van der Waals surface area contributed by atoms with E-state index < -0.39 is 11.6 Å². The van der Waals surface area contributed by atoms with Gasteiger partial charge >= 0.3 is 5.97 Å². The summed E-state index contributed by atoms with van der Waals surface area (Å²) in [6.07, 6.45) is 2.70.